The first-order chi connectivity index (χ1) is 19.8. The van der Waals surface area contributed by atoms with Crippen molar-refractivity contribution >= 4 is 46.9 Å². The maximum atomic E-state index is 12.5. The van der Waals surface area contributed by atoms with Gasteiger partial charge in [-0.05, 0) is 84.8 Å². The molecule has 0 bridgehead atoms. The van der Waals surface area contributed by atoms with Crippen molar-refractivity contribution in [1.82, 2.24) is 5.43 Å². The highest BCUT2D eigenvalue weighted by Crippen LogP contribution is 2.29. The van der Waals surface area contributed by atoms with Crippen LogP contribution in [0.25, 0.3) is 0 Å². The number of ether oxygens (including phenoxy) is 3. The summed E-state index contributed by atoms with van der Waals surface area (Å²) in [4.78, 5) is 24.8. The van der Waals surface area contributed by atoms with E-state index in [9.17, 15) is 9.59 Å². The Morgan fingerprint density at radius 2 is 1.63 bits per heavy atom. The Kier molecular flexibility index (Phi) is 10.2. The number of rotatable bonds is 11. The predicted molar refractivity (Wildman–Crippen MR) is 161 cm³/mol. The van der Waals surface area contributed by atoms with Gasteiger partial charge in [0, 0.05) is 26.9 Å². The van der Waals surface area contributed by atoms with E-state index in [-0.39, 0.29) is 12.5 Å². The second-order valence-electron chi connectivity index (χ2n) is 8.81. The molecule has 0 atom stereocenters. The van der Waals surface area contributed by atoms with Gasteiger partial charge < -0.3 is 19.5 Å². The molecular formula is C31H27Cl2N3O5. The third-order valence-electron chi connectivity index (χ3n) is 5.84. The Morgan fingerprint density at radius 3 is 2.37 bits per heavy atom. The summed E-state index contributed by atoms with van der Waals surface area (Å²) < 4.78 is 16.9. The van der Waals surface area contributed by atoms with E-state index in [1.54, 1.807) is 73.8 Å². The van der Waals surface area contributed by atoms with Gasteiger partial charge in [-0.1, -0.05) is 41.4 Å². The first-order valence-electron chi connectivity index (χ1n) is 12.5. The molecule has 0 heterocycles. The predicted octanol–water partition coefficient (Wildman–Crippen LogP) is 6.67. The van der Waals surface area contributed by atoms with E-state index in [0.29, 0.717) is 50.7 Å². The molecule has 0 fully saturated rings. The molecule has 0 radical (unpaired) electrons. The average Bonchev–Trinajstić information content (AvgIpc) is 2.97. The van der Waals surface area contributed by atoms with Crippen LogP contribution >= 0.6 is 23.2 Å². The van der Waals surface area contributed by atoms with Crippen molar-refractivity contribution in [2.45, 2.75) is 13.5 Å². The summed E-state index contributed by atoms with van der Waals surface area (Å²) in [5.41, 5.74) is 5.77. The molecular weight excluding hydrogens is 565 g/mol. The third kappa shape index (κ3) is 8.48. The number of methoxy groups -OCH3 is 1. The highest BCUT2D eigenvalue weighted by atomic mass is 35.5. The smallest absolute Gasteiger partial charge is 0.271 e. The number of hydrogen-bond acceptors (Lipinski definition) is 6. The van der Waals surface area contributed by atoms with Crippen molar-refractivity contribution in [3.05, 3.63) is 117 Å². The minimum Gasteiger partial charge on any atom is -0.493 e. The molecule has 0 aliphatic carbocycles. The van der Waals surface area contributed by atoms with E-state index in [2.05, 4.69) is 15.8 Å². The number of aryl methyl sites for hydroxylation is 1. The van der Waals surface area contributed by atoms with Gasteiger partial charge in [-0.3, -0.25) is 9.59 Å². The van der Waals surface area contributed by atoms with Crippen LogP contribution in [0.15, 0.2) is 90.0 Å². The second kappa shape index (κ2) is 14.2. The molecule has 0 saturated heterocycles. The van der Waals surface area contributed by atoms with Crippen LogP contribution in [0, 0.1) is 6.92 Å². The summed E-state index contributed by atoms with van der Waals surface area (Å²) in [6.45, 7) is 1.97. The lowest BCUT2D eigenvalue weighted by atomic mass is 10.2. The van der Waals surface area contributed by atoms with Gasteiger partial charge in [-0.15, -0.1) is 0 Å². The van der Waals surface area contributed by atoms with E-state index >= 15 is 0 Å². The number of nitrogens with zero attached hydrogens (tertiary/aromatic N) is 1. The van der Waals surface area contributed by atoms with Crippen molar-refractivity contribution in [2.24, 2.45) is 5.10 Å². The van der Waals surface area contributed by atoms with Crippen LogP contribution in [0.5, 0.6) is 17.2 Å². The molecule has 0 aliphatic heterocycles. The monoisotopic (exact) mass is 591 g/mol. The zero-order valence-electron chi connectivity index (χ0n) is 22.3. The average molecular weight is 592 g/mol. The highest BCUT2D eigenvalue weighted by molar-refractivity contribution is 6.31. The molecule has 0 unspecified atom stereocenters. The molecule has 2 N–H and O–H groups in total. The van der Waals surface area contributed by atoms with E-state index in [1.807, 2.05) is 25.1 Å². The fourth-order valence-corrected chi connectivity index (χ4v) is 4.12. The van der Waals surface area contributed by atoms with E-state index < -0.39 is 5.91 Å². The van der Waals surface area contributed by atoms with Crippen LogP contribution in [0.3, 0.4) is 0 Å². The first-order valence-corrected chi connectivity index (χ1v) is 13.2. The summed E-state index contributed by atoms with van der Waals surface area (Å²) in [7, 11) is 1.54. The summed E-state index contributed by atoms with van der Waals surface area (Å²) in [6, 6.07) is 24.3. The standard InChI is InChI=1S/C31H27Cl2N3O5/c1-20-15-24(32)10-14-27(20)41-19-30(37)35-25-11-8-22(9-12-25)31(38)36-34-17-21-7-13-28(29(16-21)39-2)40-18-23-5-3-4-6-26(23)33/h3-17H,18-19H2,1-2H3,(H,35,37)(H,36,38)/b34-17+. The molecule has 210 valence electrons. The Hall–Kier alpha value is -4.53. The fraction of sp³-hybridized carbons (Fsp3) is 0.129. The van der Waals surface area contributed by atoms with Crippen molar-refractivity contribution in [3.63, 3.8) is 0 Å². The second-order valence-corrected chi connectivity index (χ2v) is 9.66. The van der Waals surface area contributed by atoms with Crippen LogP contribution in [-0.4, -0.2) is 31.7 Å². The maximum absolute atomic E-state index is 12.5. The lowest BCUT2D eigenvalue weighted by Crippen LogP contribution is -2.21. The van der Waals surface area contributed by atoms with Gasteiger partial charge in [0.25, 0.3) is 11.8 Å². The normalized spacial score (nSPS) is 10.7. The summed E-state index contributed by atoms with van der Waals surface area (Å²) >= 11 is 12.1. The highest BCUT2D eigenvalue weighted by Gasteiger charge is 2.10. The summed E-state index contributed by atoms with van der Waals surface area (Å²) in [6.07, 6.45) is 1.50. The van der Waals surface area contributed by atoms with Gasteiger partial charge >= 0.3 is 0 Å². The van der Waals surface area contributed by atoms with Crippen LogP contribution in [0.4, 0.5) is 5.69 Å². The Labute approximate surface area is 247 Å². The number of benzene rings is 4. The largest absolute Gasteiger partial charge is 0.493 e. The molecule has 10 heteroatoms. The SMILES string of the molecule is COc1cc(/C=N/NC(=O)c2ccc(NC(=O)COc3ccc(Cl)cc3C)cc2)ccc1OCc1ccccc1Cl. The zero-order valence-corrected chi connectivity index (χ0v) is 23.8. The topological polar surface area (TPSA) is 98.2 Å². The van der Waals surface area contributed by atoms with Gasteiger partial charge in [0.2, 0.25) is 0 Å². The van der Waals surface area contributed by atoms with E-state index in [0.717, 1.165) is 11.1 Å². The Morgan fingerprint density at radius 1 is 0.878 bits per heavy atom. The van der Waals surface area contributed by atoms with Crippen LogP contribution in [-0.2, 0) is 11.4 Å². The van der Waals surface area contributed by atoms with Gasteiger partial charge in [-0.25, -0.2) is 5.43 Å². The molecule has 0 spiro atoms. The number of nitrogens with one attached hydrogen (secondary N) is 2. The minimum absolute atomic E-state index is 0.168. The number of amides is 2. The number of hydrogen-bond donors (Lipinski definition) is 2. The quantitative estimate of drug-likeness (QED) is 0.150. The molecule has 4 rings (SSSR count). The minimum atomic E-state index is -0.410. The van der Waals surface area contributed by atoms with Gasteiger partial charge in [0.1, 0.15) is 12.4 Å². The van der Waals surface area contributed by atoms with Crippen molar-refractivity contribution in [2.75, 3.05) is 19.0 Å². The third-order valence-corrected chi connectivity index (χ3v) is 6.44. The Balaban J connectivity index is 1.27. The van der Waals surface area contributed by atoms with Crippen LogP contribution in [0.2, 0.25) is 10.0 Å². The van der Waals surface area contributed by atoms with Crippen LogP contribution in [0.1, 0.15) is 27.0 Å². The van der Waals surface area contributed by atoms with E-state index in [1.165, 1.54) is 6.21 Å². The van der Waals surface area contributed by atoms with Crippen molar-refractivity contribution < 1.29 is 23.8 Å². The number of halogens is 2. The molecule has 0 aromatic heterocycles. The molecule has 41 heavy (non-hydrogen) atoms. The number of anilines is 1. The van der Waals surface area contributed by atoms with E-state index in [4.69, 9.17) is 37.4 Å². The lowest BCUT2D eigenvalue weighted by molar-refractivity contribution is -0.118. The van der Waals surface area contributed by atoms with Crippen LogP contribution < -0.4 is 25.0 Å². The molecule has 4 aromatic rings. The zero-order chi connectivity index (χ0) is 29.2. The fourth-order valence-electron chi connectivity index (χ4n) is 3.70. The molecule has 0 aliphatic rings. The van der Waals surface area contributed by atoms with Gasteiger partial charge in [0.05, 0.1) is 13.3 Å². The number of hydrazone groups is 1. The Bertz CT molecular complexity index is 1560. The molecule has 0 saturated carbocycles. The molecule has 2 amide bonds. The number of carbonyl (C=O) groups excluding carboxylic acids is 2. The first kappa shape index (κ1) is 29.5. The van der Waals surface area contributed by atoms with Crippen molar-refractivity contribution in [1.29, 1.82) is 0 Å². The van der Waals surface area contributed by atoms with Gasteiger partial charge in [-0.2, -0.15) is 5.10 Å². The summed E-state index contributed by atoms with van der Waals surface area (Å²) in [5.74, 6) is 0.892. The molecule has 8 nitrogen and oxygen atoms in total. The van der Waals surface area contributed by atoms with Crippen molar-refractivity contribution in [3.8, 4) is 17.2 Å². The maximum Gasteiger partial charge on any atom is 0.271 e. The van der Waals surface area contributed by atoms with Gasteiger partial charge in [0.15, 0.2) is 18.1 Å². The summed E-state index contributed by atoms with van der Waals surface area (Å²) in [5, 5.41) is 7.98. The molecule has 4 aromatic carbocycles. The lowest BCUT2D eigenvalue weighted by Gasteiger charge is -2.12. The number of carbonyl (C=O) groups is 2.